The predicted molar refractivity (Wildman–Crippen MR) is 175 cm³/mol. The molecule has 0 radical (unpaired) electrons. The number of aromatic nitrogens is 2. The maximum Gasteiger partial charge on any atom is 0.167 e. The Morgan fingerprint density at radius 2 is 1.41 bits per heavy atom. The van der Waals surface area contributed by atoms with Gasteiger partial charge in [-0.25, -0.2) is 4.98 Å². The highest BCUT2D eigenvalue weighted by atomic mass is 32.1. The number of methoxy groups -OCH3 is 2. The van der Waals surface area contributed by atoms with Crippen LogP contribution in [0.25, 0.3) is 43.4 Å². The molecular formula is C36H34N2O5S. The predicted octanol–water partition coefficient (Wildman–Crippen LogP) is 9.08. The fourth-order valence-corrected chi connectivity index (χ4v) is 5.95. The third-order valence-corrected chi connectivity index (χ3v) is 8.71. The summed E-state index contributed by atoms with van der Waals surface area (Å²) in [5, 5.41) is 5.30. The average molecular weight is 607 g/mol. The number of aryl methyl sites for hydroxylation is 2. The van der Waals surface area contributed by atoms with Gasteiger partial charge in [0.15, 0.2) is 17.3 Å². The number of fused-ring (bicyclic) bond motifs is 1. The molecule has 0 bridgehead atoms. The molecule has 0 aliphatic rings. The Bertz CT molecular complexity index is 1890. The van der Waals surface area contributed by atoms with Crippen molar-refractivity contribution < 1.29 is 23.5 Å². The minimum Gasteiger partial charge on any atom is -0.496 e. The first-order valence-corrected chi connectivity index (χ1v) is 15.3. The Kier molecular flexibility index (Phi) is 8.52. The van der Waals surface area contributed by atoms with E-state index in [-0.39, 0.29) is 0 Å². The number of hydrogen-bond acceptors (Lipinski definition) is 8. The van der Waals surface area contributed by atoms with Crippen molar-refractivity contribution in [2.24, 2.45) is 0 Å². The number of rotatable bonds is 11. The van der Waals surface area contributed by atoms with Crippen molar-refractivity contribution in [3.05, 3.63) is 95.6 Å². The van der Waals surface area contributed by atoms with E-state index >= 15 is 0 Å². The molecule has 0 fully saturated rings. The standard InChI is InChI=1S/C36H34N2O5S/c1-22-11-12-26(36-37-28-9-6-7-10-35(28)44-36)19-31(22)41-15-8-16-42-34-18-25(13-14-30(34)39-4)33-21-29(38-43-33)27-17-23(2)24(3)32(20-27)40-5/h6-7,9-14,17-21H,8,15-16H2,1-5H3. The third kappa shape index (κ3) is 6.12. The van der Waals surface area contributed by atoms with Gasteiger partial charge in [0.2, 0.25) is 0 Å². The molecule has 44 heavy (non-hydrogen) atoms. The van der Waals surface area contributed by atoms with E-state index in [4.69, 9.17) is 28.5 Å². The number of hydrogen-bond donors (Lipinski definition) is 0. The largest absolute Gasteiger partial charge is 0.496 e. The van der Waals surface area contributed by atoms with Crippen LogP contribution in [0.3, 0.4) is 0 Å². The van der Waals surface area contributed by atoms with Crippen LogP contribution in [0.1, 0.15) is 23.1 Å². The lowest BCUT2D eigenvalue weighted by Crippen LogP contribution is -2.06. The molecule has 0 aliphatic heterocycles. The van der Waals surface area contributed by atoms with E-state index in [1.807, 2.05) is 55.5 Å². The summed E-state index contributed by atoms with van der Waals surface area (Å²) in [5.41, 5.74) is 7.89. The monoisotopic (exact) mass is 606 g/mol. The van der Waals surface area contributed by atoms with E-state index in [0.717, 1.165) is 61.1 Å². The summed E-state index contributed by atoms with van der Waals surface area (Å²) in [6.07, 6.45) is 0.694. The Morgan fingerprint density at radius 1 is 0.682 bits per heavy atom. The Labute approximate surface area is 261 Å². The molecule has 0 N–H and O–H groups in total. The molecule has 4 aromatic carbocycles. The molecule has 2 heterocycles. The lowest BCUT2D eigenvalue weighted by atomic mass is 10.0. The van der Waals surface area contributed by atoms with Crippen LogP contribution in [-0.2, 0) is 0 Å². The summed E-state index contributed by atoms with van der Waals surface area (Å²) >= 11 is 1.69. The second-order valence-electron chi connectivity index (χ2n) is 10.6. The second kappa shape index (κ2) is 12.8. The van der Waals surface area contributed by atoms with Crippen LogP contribution in [0.5, 0.6) is 23.0 Å². The first-order chi connectivity index (χ1) is 21.4. The summed E-state index contributed by atoms with van der Waals surface area (Å²) in [6, 6.07) is 26.1. The lowest BCUT2D eigenvalue weighted by Gasteiger charge is -2.13. The number of ether oxygens (including phenoxy) is 4. The Morgan fingerprint density at radius 3 is 2.20 bits per heavy atom. The van der Waals surface area contributed by atoms with Crippen LogP contribution < -0.4 is 18.9 Å². The van der Waals surface area contributed by atoms with Crippen molar-refractivity contribution in [3.63, 3.8) is 0 Å². The zero-order valence-corrected chi connectivity index (χ0v) is 26.3. The van der Waals surface area contributed by atoms with Gasteiger partial charge in [-0.05, 0) is 86.0 Å². The maximum absolute atomic E-state index is 6.17. The SMILES string of the molecule is COc1ccc(-c2cc(-c3cc(C)c(C)c(OC)c3)no2)cc1OCCCOc1cc(-c2nc3ccccc3s2)ccc1C. The van der Waals surface area contributed by atoms with Gasteiger partial charge in [0.1, 0.15) is 22.2 Å². The zero-order valence-electron chi connectivity index (χ0n) is 25.5. The van der Waals surface area contributed by atoms with E-state index < -0.39 is 0 Å². The van der Waals surface area contributed by atoms with E-state index in [1.54, 1.807) is 25.6 Å². The minimum absolute atomic E-state index is 0.459. The van der Waals surface area contributed by atoms with Crippen LogP contribution in [0.15, 0.2) is 83.4 Å². The molecule has 7 nitrogen and oxygen atoms in total. The summed E-state index contributed by atoms with van der Waals surface area (Å²) in [7, 11) is 3.31. The van der Waals surface area contributed by atoms with Gasteiger partial charge in [-0.15, -0.1) is 11.3 Å². The van der Waals surface area contributed by atoms with Gasteiger partial charge in [0, 0.05) is 29.2 Å². The van der Waals surface area contributed by atoms with Crippen LogP contribution in [0.2, 0.25) is 0 Å². The van der Waals surface area contributed by atoms with Crippen molar-refractivity contribution in [2.75, 3.05) is 27.4 Å². The molecule has 0 aliphatic carbocycles. The van der Waals surface area contributed by atoms with Crippen molar-refractivity contribution in [3.8, 4) is 56.2 Å². The zero-order chi connectivity index (χ0) is 30.6. The Hall–Kier alpha value is -4.82. The molecule has 0 amide bonds. The normalized spacial score (nSPS) is 11.1. The molecule has 0 spiro atoms. The molecule has 224 valence electrons. The number of thiazole rings is 1. The van der Waals surface area contributed by atoms with E-state index in [1.165, 1.54) is 4.70 Å². The summed E-state index contributed by atoms with van der Waals surface area (Å²) in [6.45, 7) is 7.12. The first kappa shape index (κ1) is 29.3. The van der Waals surface area contributed by atoms with Gasteiger partial charge in [-0.2, -0.15) is 0 Å². The molecule has 2 aromatic heterocycles. The van der Waals surface area contributed by atoms with Crippen LogP contribution in [-0.4, -0.2) is 37.6 Å². The highest BCUT2D eigenvalue weighted by Gasteiger charge is 2.15. The molecule has 0 unspecified atom stereocenters. The molecule has 0 saturated carbocycles. The molecule has 8 heteroatoms. The second-order valence-corrected chi connectivity index (χ2v) is 11.6. The van der Waals surface area contributed by atoms with Crippen molar-refractivity contribution in [1.82, 2.24) is 10.1 Å². The summed E-state index contributed by atoms with van der Waals surface area (Å²) < 4.78 is 30.3. The van der Waals surface area contributed by atoms with Crippen molar-refractivity contribution in [1.29, 1.82) is 0 Å². The summed E-state index contributed by atoms with van der Waals surface area (Å²) in [5.74, 6) is 3.59. The fourth-order valence-electron chi connectivity index (χ4n) is 4.98. The first-order valence-electron chi connectivity index (χ1n) is 14.5. The number of benzene rings is 4. The molecule has 0 atom stereocenters. The van der Waals surface area contributed by atoms with Gasteiger partial charge in [0.25, 0.3) is 0 Å². The van der Waals surface area contributed by atoms with E-state index in [9.17, 15) is 0 Å². The van der Waals surface area contributed by atoms with E-state index in [0.29, 0.717) is 36.9 Å². The topological polar surface area (TPSA) is 75.8 Å². The highest BCUT2D eigenvalue weighted by Crippen LogP contribution is 2.36. The van der Waals surface area contributed by atoms with Crippen molar-refractivity contribution >= 4 is 21.6 Å². The minimum atomic E-state index is 0.459. The quantitative estimate of drug-likeness (QED) is 0.136. The van der Waals surface area contributed by atoms with Gasteiger partial charge in [0.05, 0.1) is 37.6 Å². The molecule has 6 aromatic rings. The van der Waals surface area contributed by atoms with Crippen LogP contribution in [0.4, 0.5) is 0 Å². The molecular weight excluding hydrogens is 572 g/mol. The smallest absolute Gasteiger partial charge is 0.167 e. The van der Waals surface area contributed by atoms with Crippen LogP contribution >= 0.6 is 11.3 Å². The van der Waals surface area contributed by atoms with E-state index in [2.05, 4.69) is 49.3 Å². The third-order valence-electron chi connectivity index (χ3n) is 7.63. The van der Waals surface area contributed by atoms with Crippen LogP contribution in [0, 0.1) is 20.8 Å². The Balaban J connectivity index is 1.10. The number of para-hydroxylation sites is 1. The molecule has 6 rings (SSSR count). The van der Waals surface area contributed by atoms with Crippen molar-refractivity contribution in [2.45, 2.75) is 27.2 Å². The lowest BCUT2D eigenvalue weighted by molar-refractivity contribution is 0.240. The average Bonchev–Trinajstić information content (AvgIpc) is 3.71. The highest BCUT2D eigenvalue weighted by molar-refractivity contribution is 7.21. The molecule has 0 saturated heterocycles. The number of nitrogens with zero attached hydrogens (tertiary/aromatic N) is 2. The van der Waals surface area contributed by atoms with Gasteiger partial charge in [-0.3, -0.25) is 0 Å². The summed E-state index contributed by atoms with van der Waals surface area (Å²) in [4.78, 5) is 4.79. The van der Waals surface area contributed by atoms with Gasteiger partial charge in [-0.1, -0.05) is 29.4 Å². The fraction of sp³-hybridized carbons (Fsp3) is 0.222. The van der Waals surface area contributed by atoms with Gasteiger partial charge < -0.3 is 23.5 Å². The maximum atomic E-state index is 6.17. The van der Waals surface area contributed by atoms with Gasteiger partial charge >= 0.3 is 0 Å².